The van der Waals surface area contributed by atoms with Crippen molar-refractivity contribution >= 4 is 0 Å². The molecule has 0 spiro atoms. The van der Waals surface area contributed by atoms with Crippen LogP contribution >= 0.6 is 0 Å². The second-order valence-electron chi connectivity index (χ2n) is 5.57. The second kappa shape index (κ2) is 6.23. The maximum atomic E-state index is 4.40. The lowest BCUT2D eigenvalue weighted by atomic mass is 10.0. The minimum absolute atomic E-state index is 0.794. The number of rotatable bonds is 7. The van der Waals surface area contributed by atoms with Crippen molar-refractivity contribution in [1.82, 2.24) is 14.9 Å². The summed E-state index contributed by atoms with van der Waals surface area (Å²) in [6, 6.07) is 9.57. The van der Waals surface area contributed by atoms with Gasteiger partial charge in [0, 0.05) is 31.4 Å². The minimum atomic E-state index is 0.794. The number of benzene rings is 1. The molecule has 0 aliphatic heterocycles. The van der Waals surface area contributed by atoms with Crippen molar-refractivity contribution < 1.29 is 0 Å². The van der Waals surface area contributed by atoms with Crippen LogP contribution < -0.4 is 5.32 Å². The highest BCUT2D eigenvalue weighted by molar-refractivity contribution is 5.28. The van der Waals surface area contributed by atoms with Gasteiger partial charge in [-0.15, -0.1) is 0 Å². The minimum Gasteiger partial charge on any atom is -0.331 e. The number of nitrogens with one attached hydrogen (secondary N) is 1. The first kappa shape index (κ1) is 13.4. The molecule has 0 saturated heterocycles. The van der Waals surface area contributed by atoms with Gasteiger partial charge in [0.25, 0.3) is 0 Å². The van der Waals surface area contributed by atoms with E-state index in [4.69, 9.17) is 0 Å². The largest absolute Gasteiger partial charge is 0.331 e. The van der Waals surface area contributed by atoms with E-state index >= 15 is 0 Å². The molecule has 3 nitrogen and oxygen atoms in total. The fraction of sp³-hybridized carbons (Fsp3) is 0.471. The lowest BCUT2D eigenvalue weighted by Gasteiger charge is -2.12. The molecule has 1 aromatic heterocycles. The fourth-order valence-electron chi connectivity index (χ4n) is 2.64. The number of imidazole rings is 1. The van der Waals surface area contributed by atoms with Crippen molar-refractivity contribution in [3.05, 3.63) is 53.6 Å². The van der Waals surface area contributed by atoms with Crippen LogP contribution in [0.2, 0.25) is 0 Å². The summed E-state index contributed by atoms with van der Waals surface area (Å²) in [6.45, 7) is 4.18. The Morgan fingerprint density at radius 3 is 2.80 bits per heavy atom. The zero-order valence-electron chi connectivity index (χ0n) is 12.2. The van der Waals surface area contributed by atoms with E-state index in [1.165, 1.54) is 24.0 Å². The van der Waals surface area contributed by atoms with Gasteiger partial charge in [0.2, 0.25) is 0 Å². The maximum Gasteiger partial charge on any atom is 0.108 e. The summed E-state index contributed by atoms with van der Waals surface area (Å²) < 4.78 is 2.26. The molecule has 106 valence electrons. The first-order valence-electron chi connectivity index (χ1n) is 7.67. The topological polar surface area (TPSA) is 29.9 Å². The number of aryl methyl sites for hydroxylation is 1. The summed E-state index contributed by atoms with van der Waals surface area (Å²) in [6.07, 6.45) is 8.79. The Labute approximate surface area is 121 Å². The third kappa shape index (κ3) is 3.28. The van der Waals surface area contributed by atoms with Gasteiger partial charge in [-0.25, -0.2) is 4.98 Å². The smallest absolute Gasteiger partial charge is 0.108 e. The van der Waals surface area contributed by atoms with E-state index < -0.39 is 0 Å². The Bertz CT molecular complexity index is 555. The van der Waals surface area contributed by atoms with Gasteiger partial charge in [-0.2, -0.15) is 0 Å². The summed E-state index contributed by atoms with van der Waals surface area (Å²) in [5.41, 5.74) is 2.87. The summed E-state index contributed by atoms with van der Waals surface area (Å²) in [7, 11) is 0. The predicted octanol–water partition coefficient (Wildman–Crippen LogP) is 2.79. The first-order valence-corrected chi connectivity index (χ1v) is 7.67. The Balaban J connectivity index is 1.68. The summed E-state index contributed by atoms with van der Waals surface area (Å²) in [4.78, 5) is 4.40. The molecule has 0 bridgehead atoms. The molecule has 1 aromatic carbocycles. The van der Waals surface area contributed by atoms with Crippen molar-refractivity contribution in [3.8, 4) is 0 Å². The Kier molecular flexibility index (Phi) is 4.16. The van der Waals surface area contributed by atoms with Crippen LogP contribution in [0.25, 0.3) is 0 Å². The molecule has 1 fully saturated rings. The molecule has 1 N–H and O–H groups in total. The zero-order valence-corrected chi connectivity index (χ0v) is 12.2. The third-order valence-corrected chi connectivity index (χ3v) is 3.98. The van der Waals surface area contributed by atoms with Gasteiger partial charge >= 0.3 is 0 Å². The molecular weight excluding hydrogens is 246 g/mol. The van der Waals surface area contributed by atoms with Crippen LogP contribution in [0.3, 0.4) is 0 Å². The van der Waals surface area contributed by atoms with E-state index in [9.17, 15) is 0 Å². The molecule has 1 heterocycles. The van der Waals surface area contributed by atoms with Gasteiger partial charge in [0.15, 0.2) is 0 Å². The van der Waals surface area contributed by atoms with Crippen LogP contribution in [0.15, 0.2) is 36.7 Å². The van der Waals surface area contributed by atoms with E-state index in [-0.39, 0.29) is 0 Å². The summed E-state index contributed by atoms with van der Waals surface area (Å²) >= 11 is 0. The number of hydrogen-bond acceptors (Lipinski definition) is 2. The van der Waals surface area contributed by atoms with Crippen molar-refractivity contribution in [1.29, 1.82) is 0 Å². The Morgan fingerprint density at radius 1 is 1.25 bits per heavy atom. The van der Waals surface area contributed by atoms with Gasteiger partial charge in [0.05, 0.1) is 0 Å². The van der Waals surface area contributed by atoms with E-state index in [0.29, 0.717) is 0 Å². The monoisotopic (exact) mass is 269 g/mol. The first-order chi connectivity index (χ1) is 9.86. The molecule has 20 heavy (non-hydrogen) atoms. The van der Waals surface area contributed by atoms with Gasteiger partial charge in [-0.05, 0) is 36.9 Å². The van der Waals surface area contributed by atoms with Crippen LogP contribution in [0.5, 0.6) is 0 Å². The summed E-state index contributed by atoms with van der Waals surface area (Å²) in [5.74, 6) is 1.16. The second-order valence-corrected chi connectivity index (χ2v) is 5.57. The third-order valence-electron chi connectivity index (χ3n) is 3.98. The average molecular weight is 269 g/mol. The Hall–Kier alpha value is -1.61. The average Bonchev–Trinajstić information content (AvgIpc) is 3.19. The molecule has 3 heteroatoms. The number of hydrogen-bond donors (Lipinski definition) is 1. The van der Waals surface area contributed by atoms with E-state index in [0.717, 1.165) is 37.8 Å². The van der Waals surface area contributed by atoms with Crippen LogP contribution in [-0.4, -0.2) is 22.1 Å². The van der Waals surface area contributed by atoms with Crippen molar-refractivity contribution in [2.45, 2.75) is 45.2 Å². The van der Waals surface area contributed by atoms with E-state index in [2.05, 4.69) is 52.3 Å². The SMILES string of the molecule is CCc1nccn1Cc1ccccc1CCNC1CC1. The van der Waals surface area contributed by atoms with Gasteiger partial charge < -0.3 is 9.88 Å². The molecule has 1 aliphatic carbocycles. The molecule has 1 saturated carbocycles. The van der Waals surface area contributed by atoms with Gasteiger partial charge in [-0.3, -0.25) is 0 Å². The molecule has 0 amide bonds. The molecule has 3 rings (SSSR count). The van der Waals surface area contributed by atoms with Gasteiger partial charge in [0.1, 0.15) is 5.82 Å². The molecule has 0 unspecified atom stereocenters. The fourth-order valence-corrected chi connectivity index (χ4v) is 2.64. The standard InChI is InChI=1S/C17H23N3/c1-2-17-19-11-12-20(17)13-15-6-4-3-5-14(15)9-10-18-16-7-8-16/h3-6,11-12,16,18H,2,7-10,13H2,1H3. The van der Waals surface area contributed by atoms with E-state index in [1.54, 1.807) is 0 Å². The molecule has 2 aromatic rings. The Morgan fingerprint density at radius 2 is 2.05 bits per heavy atom. The lowest BCUT2D eigenvalue weighted by molar-refractivity contribution is 0.672. The van der Waals surface area contributed by atoms with Gasteiger partial charge in [-0.1, -0.05) is 31.2 Å². The quantitative estimate of drug-likeness (QED) is 0.837. The van der Waals surface area contributed by atoms with Crippen molar-refractivity contribution in [2.24, 2.45) is 0 Å². The van der Waals surface area contributed by atoms with E-state index in [1.807, 2.05) is 6.20 Å². The zero-order chi connectivity index (χ0) is 13.8. The van der Waals surface area contributed by atoms with Crippen LogP contribution in [0.1, 0.15) is 36.7 Å². The predicted molar refractivity (Wildman–Crippen MR) is 81.9 cm³/mol. The summed E-state index contributed by atoms with van der Waals surface area (Å²) in [5, 5.41) is 3.59. The van der Waals surface area contributed by atoms with Crippen LogP contribution in [0.4, 0.5) is 0 Å². The van der Waals surface area contributed by atoms with Crippen molar-refractivity contribution in [3.63, 3.8) is 0 Å². The molecule has 1 aliphatic rings. The number of aromatic nitrogens is 2. The lowest BCUT2D eigenvalue weighted by Crippen LogP contribution is -2.20. The van der Waals surface area contributed by atoms with Crippen LogP contribution in [0, 0.1) is 0 Å². The highest BCUT2D eigenvalue weighted by Crippen LogP contribution is 2.19. The normalized spacial score (nSPS) is 14.7. The molecule has 0 radical (unpaired) electrons. The number of nitrogens with zero attached hydrogens (tertiary/aromatic N) is 2. The molecular formula is C17H23N3. The highest BCUT2D eigenvalue weighted by atomic mass is 15.1. The highest BCUT2D eigenvalue weighted by Gasteiger charge is 2.19. The molecule has 0 atom stereocenters. The van der Waals surface area contributed by atoms with Crippen molar-refractivity contribution in [2.75, 3.05) is 6.54 Å². The maximum absolute atomic E-state index is 4.40. The van der Waals surface area contributed by atoms with Crippen LogP contribution in [-0.2, 0) is 19.4 Å².